The van der Waals surface area contributed by atoms with E-state index in [9.17, 15) is 14.3 Å². The van der Waals surface area contributed by atoms with E-state index in [4.69, 9.17) is 4.42 Å². The van der Waals surface area contributed by atoms with E-state index in [0.717, 1.165) is 21.0 Å². The number of hydrogen-bond acceptors (Lipinski definition) is 4. The van der Waals surface area contributed by atoms with Gasteiger partial charge in [-0.15, -0.1) is 0 Å². The SMILES string of the molecule is Cc1c(CC(=O)O)c2ccc(F)cn2c1Sc1ccc(-c2ncco2)cc1. The predicted molar refractivity (Wildman–Crippen MR) is 99.5 cm³/mol. The van der Waals surface area contributed by atoms with E-state index in [1.54, 1.807) is 16.7 Å². The van der Waals surface area contributed by atoms with Crippen molar-refractivity contribution in [2.75, 3.05) is 0 Å². The van der Waals surface area contributed by atoms with Crippen LogP contribution in [0.1, 0.15) is 11.1 Å². The van der Waals surface area contributed by atoms with Crippen LogP contribution in [0.2, 0.25) is 0 Å². The number of aliphatic carboxylic acids is 1. The number of carbonyl (C=O) groups is 1. The fraction of sp³-hybridized carbons (Fsp3) is 0.100. The van der Waals surface area contributed by atoms with Crippen LogP contribution in [0.25, 0.3) is 17.0 Å². The average molecular weight is 382 g/mol. The van der Waals surface area contributed by atoms with Crippen molar-refractivity contribution in [3.05, 3.63) is 72.0 Å². The van der Waals surface area contributed by atoms with Crippen LogP contribution in [-0.2, 0) is 11.2 Å². The van der Waals surface area contributed by atoms with Crippen LogP contribution in [-0.4, -0.2) is 20.5 Å². The summed E-state index contributed by atoms with van der Waals surface area (Å²) in [7, 11) is 0. The van der Waals surface area contributed by atoms with Crippen molar-refractivity contribution in [1.82, 2.24) is 9.38 Å². The number of benzene rings is 1. The molecule has 0 fully saturated rings. The Morgan fingerprint density at radius 1 is 1.26 bits per heavy atom. The van der Waals surface area contributed by atoms with Gasteiger partial charge in [-0.3, -0.25) is 4.79 Å². The van der Waals surface area contributed by atoms with Crippen LogP contribution < -0.4 is 0 Å². The maximum atomic E-state index is 13.8. The molecule has 3 aromatic heterocycles. The van der Waals surface area contributed by atoms with Gasteiger partial charge in [0.2, 0.25) is 5.89 Å². The summed E-state index contributed by atoms with van der Waals surface area (Å²) in [4.78, 5) is 16.3. The Balaban J connectivity index is 1.74. The summed E-state index contributed by atoms with van der Waals surface area (Å²) in [6.07, 6.45) is 4.39. The Kier molecular flexibility index (Phi) is 4.45. The number of halogens is 1. The van der Waals surface area contributed by atoms with Crippen LogP contribution in [0.5, 0.6) is 0 Å². The molecule has 27 heavy (non-hydrogen) atoms. The summed E-state index contributed by atoms with van der Waals surface area (Å²) >= 11 is 1.46. The fourth-order valence-corrected chi connectivity index (χ4v) is 4.06. The summed E-state index contributed by atoms with van der Waals surface area (Å²) < 4.78 is 20.8. The van der Waals surface area contributed by atoms with Crippen molar-refractivity contribution < 1.29 is 18.7 Å². The molecule has 0 aliphatic heterocycles. The number of aromatic nitrogens is 2. The molecule has 1 aromatic carbocycles. The Labute approximate surface area is 158 Å². The maximum Gasteiger partial charge on any atom is 0.307 e. The van der Waals surface area contributed by atoms with Crippen LogP contribution in [0, 0.1) is 12.7 Å². The molecule has 0 radical (unpaired) electrons. The smallest absolute Gasteiger partial charge is 0.307 e. The molecule has 0 amide bonds. The Bertz CT molecular complexity index is 1120. The Morgan fingerprint density at radius 3 is 2.70 bits per heavy atom. The van der Waals surface area contributed by atoms with E-state index in [1.807, 2.05) is 31.2 Å². The molecule has 4 rings (SSSR count). The number of oxazole rings is 1. The van der Waals surface area contributed by atoms with Gasteiger partial charge in [-0.2, -0.15) is 0 Å². The number of rotatable bonds is 5. The summed E-state index contributed by atoms with van der Waals surface area (Å²) in [5, 5.41) is 10.0. The molecule has 0 bridgehead atoms. The molecule has 0 unspecified atom stereocenters. The summed E-state index contributed by atoms with van der Waals surface area (Å²) in [6, 6.07) is 10.6. The number of hydrogen-bond donors (Lipinski definition) is 1. The van der Waals surface area contributed by atoms with Crippen molar-refractivity contribution in [2.45, 2.75) is 23.3 Å². The van der Waals surface area contributed by atoms with Gasteiger partial charge in [0.25, 0.3) is 0 Å². The summed E-state index contributed by atoms with van der Waals surface area (Å²) in [5.74, 6) is -0.746. The largest absolute Gasteiger partial charge is 0.481 e. The molecule has 4 aromatic rings. The molecule has 7 heteroatoms. The fourth-order valence-electron chi connectivity index (χ4n) is 3.03. The lowest BCUT2D eigenvalue weighted by atomic mass is 10.1. The molecule has 0 atom stereocenters. The quantitative estimate of drug-likeness (QED) is 0.536. The first-order valence-corrected chi connectivity index (χ1v) is 9.03. The lowest BCUT2D eigenvalue weighted by molar-refractivity contribution is -0.136. The highest BCUT2D eigenvalue weighted by atomic mass is 32.2. The van der Waals surface area contributed by atoms with Gasteiger partial charge >= 0.3 is 5.97 Å². The van der Waals surface area contributed by atoms with Crippen LogP contribution in [0.15, 0.2) is 69.4 Å². The molecule has 3 heterocycles. The minimum atomic E-state index is -0.915. The third-order valence-corrected chi connectivity index (χ3v) is 5.49. The molecule has 0 spiro atoms. The van der Waals surface area contributed by atoms with Gasteiger partial charge in [0.1, 0.15) is 12.1 Å². The van der Waals surface area contributed by atoms with E-state index in [-0.39, 0.29) is 12.2 Å². The first-order chi connectivity index (χ1) is 13.0. The molecule has 0 aliphatic carbocycles. The van der Waals surface area contributed by atoms with E-state index >= 15 is 0 Å². The lowest BCUT2D eigenvalue weighted by Crippen LogP contribution is -2.00. The van der Waals surface area contributed by atoms with Gasteiger partial charge < -0.3 is 13.9 Å². The van der Waals surface area contributed by atoms with E-state index in [1.165, 1.54) is 30.3 Å². The Hall–Kier alpha value is -3.06. The number of fused-ring (bicyclic) bond motifs is 1. The van der Waals surface area contributed by atoms with Crippen LogP contribution in [0.3, 0.4) is 0 Å². The molecule has 1 N–H and O–H groups in total. The number of carboxylic acid groups (broad SMARTS) is 1. The van der Waals surface area contributed by atoms with Crippen molar-refractivity contribution >= 4 is 23.2 Å². The molecule has 0 saturated heterocycles. The first kappa shape index (κ1) is 17.4. The zero-order valence-electron chi connectivity index (χ0n) is 14.3. The van der Waals surface area contributed by atoms with Gasteiger partial charge in [0, 0.05) is 16.7 Å². The summed E-state index contributed by atoms with van der Waals surface area (Å²) in [6.45, 7) is 1.87. The average Bonchev–Trinajstić information content (AvgIpc) is 3.26. The number of nitrogens with zero attached hydrogens (tertiary/aromatic N) is 2. The Morgan fingerprint density at radius 2 is 2.04 bits per heavy atom. The monoisotopic (exact) mass is 382 g/mol. The molecule has 5 nitrogen and oxygen atoms in total. The highest BCUT2D eigenvalue weighted by Gasteiger charge is 2.18. The third kappa shape index (κ3) is 3.33. The van der Waals surface area contributed by atoms with Crippen molar-refractivity contribution in [3.63, 3.8) is 0 Å². The second-order valence-corrected chi connectivity index (χ2v) is 7.11. The standard InChI is InChI=1S/C20H15FN2O3S/c1-12-16(10-18(24)25)17-7-4-14(21)11-23(17)20(12)27-15-5-2-13(3-6-15)19-22-8-9-26-19/h2-9,11H,10H2,1H3,(H,24,25). The van der Waals surface area contributed by atoms with E-state index in [0.29, 0.717) is 17.0 Å². The van der Waals surface area contributed by atoms with Crippen molar-refractivity contribution in [1.29, 1.82) is 0 Å². The third-order valence-electron chi connectivity index (χ3n) is 4.29. The van der Waals surface area contributed by atoms with E-state index < -0.39 is 5.97 Å². The van der Waals surface area contributed by atoms with Gasteiger partial charge in [-0.1, -0.05) is 11.8 Å². The van der Waals surface area contributed by atoms with Gasteiger partial charge in [0.15, 0.2) is 0 Å². The van der Waals surface area contributed by atoms with Crippen LogP contribution >= 0.6 is 11.8 Å². The molecular formula is C20H15FN2O3S. The first-order valence-electron chi connectivity index (χ1n) is 8.21. The number of pyridine rings is 1. The number of carboxylic acids is 1. The van der Waals surface area contributed by atoms with Gasteiger partial charge in [-0.05, 0) is 54.4 Å². The zero-order chi connectivity index (χ0) is 19.0. The molecule has 136 valence electrons. The minimum absolute atomic E-state index is 0.107. The van der Waals surface area contributed by atoms with E-state index in [2.05, 4.69) is 4.98 Å². The van der Waals surface area contributed by atoms with Gasteiger partial charge in [0.05, 0.1) is 23.2 Å². The highest BCUT2D eigenvalue weighted by Crippen LogP contribution is 2.36. The zero-order valence-corrected chi connectivity index (χ0v) is 15.2. The normalized spacial score (nSPS) is 11.2. The lowest BCUT2D eigenvalue weighted by Gasteiger charge is -2.05. The predicted octanol–water partition coefficient (Wildman–Crippen LogP) is 4.82. The molecule has 0 saturated carbocycles. The van der Waals surface area contributed by atoms with Crippen LogP contribution in [0.4, 0.5) is 4.39 Å². The highest BCUT2D eigenvalue weighted by molar-refractivity contribution is 7.99. The topological polar surface area (TPSA) is 67.7 Å². The molecule has 0 aliphatic rings. The van der Waals surface area contributed by atoms with Gasteiger partial charge in [-0.25, -0.2) is 9.37 Å². The molecular weight excluding hydrogens is 367 g/mol. The summed E-state index contributed by atoms with van der Waals surface area (Å²) in [5.41, 5.74) is 3.10. The minimum Gasteiger partial charge on any atom is -0.481 e. The maximum absolute atomic E-state index is 13.8. The van der Waals surface area contributed by atoms with Crippen molar-refractivity contribution in [2.24, 2.45) is 0 Å². The van der Waals surface area contributed by atoms with Crippen molar-refractivity contribution in [3.8, 4) is 11.5 Å². The second-order valence-electron chi connectivity index (χ2n) is 6.05. The second kappa shape index (κ2) is 6.92.